The van der Waals surface area contributed by atoms with Crippen LogP contribution < -0.4 is 5.73 Å². The lowest BCUT2D eigenvalue weighted by atomic mass is 10.1. The molecule has 0 aromatic carbocycles. The van der Waals surface area contributed by atoms with Crippen LogP contribution >= 0.6 is 0 Å². The highest BCUT2D eigenvalue weighted by atomic mass is 15.1. The maximum Gasteiger partial charge on any atom is 0.223 e. The highest BCUT2D eigenvalue weighted by molar-refractivity contribution is 5.59. The van der Waals surface area contributed by atoms with E-state index < -0.39 is 0 Å². The Morgan fingerprint density at radius 1 is 1.25 bits per heavy atom. The van der Waals surface area contributed by atoms with Crippen molar-refractivity contribution >= 4 is 5.95 Å². The Balaban J connectivity index is 2.56. The first-order chi connectivity index (χ1) is 7.70. The second-order valence-corrected chi connectivity index (χ2v) is 3.48. The maximum absolute atomic E-state index is 5.64. The molecular weight excluding hydrogens is 202 g/mol. The average molecular weight is 215 g/mol. The number of anilines is 1. The SMILES string of the molecule is CCc1nc(N)nc(-c2ccncc2C)n1. The summed E-state index contributed by atoms with van der Waals surface area (Å²) in [5.74, 6) is 1.58. The molecule has 0 saturated heterocycles. The van der Waals surface area contributed by atoms with Crippen LogP contribution in [0.15, 0.2) is 18.5 Å². The molecule has 0 unspecified atom stereocenters. The summed E-state index contributed by atoms with van der Waals surface area (Å²) in [4.78, 5) is 16.6. The van der Waals surface area contributed by atoms with Gasteiger partial charge in [-0.05, 0) is 18.6 Å². The van der Waals surface area contributed by atoms with E-state index in [-0.39, 0.29) is 5.95 Å². The molecule has 0 aliphatic carbocycles. The van der Waals surface area contributed by atoms with Crippen molar-refractivity contribution in [2.24, 2.45) is 0 Å². The summed E-state index contributed by atoms with van der Waals surface area (Å²) < 4.78 is 0. The molecule has 0 atom stereocenters. The number of aryl methyl sites for hydroxylation is 2. The van der Waals surface area contributed by atoms with E-state index in [1.807, 2.05) is 19.9 Å². The standard InChI is InChI=1S/C11H13N5/c1-3-9-14-10(16-11(12)15-9)8-4-5-13-6-7(8)2/h4-6H,3H2,1-2H3,(H2,12,14,15,16). The highest BCUT2D eigenvalue weighted by Crippen LogP contribution is 2.18. The van der Waals surface area contributed by atoms with E-state index in [9.17, 15) is 0 Å². The fourth-order valence-electron chi connectivity index (χ4n) is 1.44. The average Bonchev–Trinajstić information content (AvgIpc) is 2.28. The Morgan fingerprint density at radius 3 is 2.75 bits per heavy atom. The lowest BCUT2D eigenvalue weighted by molar-refractivity contribution is 0.912. The van der Waals surface area contributed by atoms with E-state index in [1.54, 1.807) is 12.4 Å². The van der Waals surface area contributed by atoms with Gasteiger partial charge >= 0.3 is 0 Å². The van der Waals surface area contributed by atoms with Crippen molar-refractivity contribution in [1.82, 2.24) is 19.9 Å². The van der Waals surface area contributed by atoms with Crippen LogP contribution in [0.25, 0.3) is 11.4 Å². The fraction of sp³-hybridized carbons (Fsp3) is 0.273. The normalized spacial score (nSPS) is 10.4. The van der Waals surface area contributed by atoms with Crippen molar-refractivity contribution in [3.8, 4) is 11.4 Å². The minimum Gasteiger partial charge on any atom is -0.368 e. The van der Waals surface area contributed by atoms with Gasteiger partial charge in [0, 0.05) is 24.4 Å². The Hall–Kier alpha value is -2.04. The molecule has 2 N–H and O–H groups in total. The summed E-state index contributed by atoms with van der Waals surface area (Å²) in [7, 11) is 0. The molecule has 0 saturated carbocycles. The van der Waals surface area contributed by atoms with Crippen molar-refractivity contribution in [3.05, 3.63) is 29.8 Å². The number of nitrogens with zero attached hydrogens (tertiary/aromatic N) is 4. The fourth-order valence-corrected chi connectivity index (χ4v) is 1.44. The first-order valence-electron chi connectivity index (χ1n) is 5.12. The predicted octanol–water partition coefficient (Wildman–Crippen LogP) is 1.39. The van der Waals surface area contributed by atoms with Crippen molar-refractivity contribution in [2.75, 3.05) is 5.73 Å². The number of nitrogen functional groups attached to an aromatic ring is 1. The van der Waals surface area contributed by atoms with Crippen molar-refractivity contribution in [1.29, 1.82) is 0 Å². The molecule has 2 aromatic rings. The minimum absolute atomic E-state index is 0.262. The lowest BCUT2D eigenvalue weighted by Gasteiger charge is -2.05. The zero-order valence-corrected chi connectivity index (χ0v) is 9.31. The van der Waals surface area contributed by atoms with E-state index in [0.29, 0.717) is 11.6 Å². The Morgan fingerprint density at radius 2 is 2.06 bits per heavy atom. The summed E-state index contributed by atoms with van der Waals surface area (Å²) in [6, 6.07) is 1.88. The molecule has 5 heteroatoms. The van der Waals surface area contributed by atoms with Crippen molar-refractivity contribution < 1.29 is 0 Å². The van der Waals surface area contributed by atoms with Gasteiger partial charge in [0.15, 0.2) is 5.82 Å². The molecule has 0 fully saturated rings. The van der Waals surface area contributed by atoms with Gasteiger partial charge in [0.2, 0.25) is 5.95 Å². The number of hydrogen-bond donors (Lipinski definition) is 1. The van der Waals surface area contributed by atoms with Crippen molar-refractivity contribution in [3.63, 3.8) is 0 Å². The predicted molar refractivity (Wildman–Crippen MR) is 61.6 cm³/mol. The molecule has 2 heterocycles. The van der Waals surface area contributed by atoms with E-state index in [1.165, 1.54) is 0 Å². The third-order valence-corrected chi connectivity index (χ3v) is 2.28. The number of rotatable bonds is 2. The van der Waals surface area contributed by atoms with Crippen LogP contribution in [0.5, 0.6) is 0 Å². The van der Waals surface area contributed by atoms with Crippen LogP contribution in [0, 0.1) is 6.92 Å². The van der Waals surface area contributed by atoms with Gasteiger partial charge in [0.1, 0.15) is 5.82 Å². The smallest absolute Gasteiger partial charge is 0.223 e. The van der Waals surface area contributed by atoms with Crippen LogP contribution in [0.1, 0.15) is 18.3 Å². The number of aromatic nitrogens is 4. The highest BCUT2D eigenvalue weighted by Gasteiger charge is 2.07. The summed E-state index contributed by atoms with van der Waals surface area (Å²) in [6.45, 7) is 3.95. The van der Waals surface area contributed by atoms with Gasteiger partial charge in [-0.15, -0.1) is 0 Å². The number of pyridine rings is 1. The molecule has 16 heavy (non-hydrogen) atoms. The molecule has 0 spiro atoms. The zero-order chi connectivity index (χ0) is 11.5. The quantitative estimate of drug-likeness (QED) is 0.819. The lowest BCUT2D eigenvalue weighted by Crippen LogP contribution is -2.04. The van der Waals surface area contributed by atoms with Gasteiger partial charge in [-0.3, -0.25) is 4.98 Å². The molecule has 2 rings (SSSR count). The Labute approximate surface area is 93.8 Å². The summed E-state index contributed by atoms with van der Waals surface area (Å²) in [5, 5.41) is 0. The molecule has 0 amide bonds. The van der Waals surface area contributed by atoms with E-state index in [4.69, 9.17) is 5.73 Å². The van der Waals surface area contributed by atoms with Gasteiger partial charge < -0.3 is 5.73 Å². The minimum atomic E-state index is 0.262. The molecule has 0 bridgehead atoms. The molecule has 0 aliphatic heterocycles. The van der Waals surface area contributed by atoms with Gasteiger partial charge in [-0.1, -0.05) is 6.92 Å². The van der Waals surface area contributed by atoms with Crippen molar-refractivity contribution in [2.45, 2.75) is 20.3 Å². The van der Waals surface area contributed by atoms with Gasteiger partial charge in [0.05, 0.1) is 0 Å². The topological polar surface area (TPSA) is 77.6 Å². The van der Waals surface area contributed by atoms with Crippen LogP contribution in [0.2, 0.25) is 0 Å². The largest absolute Gasteiger partial charge is 0.368 e. The number of hydrogen-bond acceptors (Lipinski definition) is 5. The van der Waals surface area contributed by atoms with Gasteiger partial charge in [-0.25, -0.2) is 4.98 Å². The summed E-state index contributed by atoms with van der Waals surface area (Å²) >= 11 is 0. The molecule has 2 aromatic heterocycles. The first-order valence-corrected chi connectivity index (χ1v) is 5.12. The summed E-state index contributed by atoms with van der Waals surface area (Å²) in [6.07, 6.45) is 4.23. The van der Waals surface area contributed by atoms with Crippen LogP contribution in [0.3, 0.4) is 0 Å². The van der Waals surface area contributed by atoms with E-state index in [2.05, 4.69) is 19.9 Å². The second kappa shape index (κ2) is 4.22. The third-order valence-electron chi connectivity index (χ3n) is 2.28. The second-order valence-electron chi connectivity index (χ2n) is 3.48. The van der Waals surface area contributed by atoms with Crippen LogP contribution in [-0.2, 0) is 6.42 Å². The third kappa shape index (κ3) is 1.98. The first kappa shape index (κ1) is 10.5. The van der Waals surface area contributed by atoms with E-state index >= 15 is 0 Å². The van der Waals surface area contributed by atoms with E-state index in [0.717, 1.165) is 17.5 Å². The maximum atomic E-state index is 5.64. The zero-order valence-electron chi connectivity index (χ0n) is 9.31. The molecule has 5 nitrogen and oxygen atoms in total. The Bertz CT molecular complexity index is 509. The van der Waals surface area contributed by atoms with Gasteiger partial charge in [-0.2, -0.15) is 9.97 Å². The Kier molecular flexibility index (Phi) is 2.76. The monoisotopic (exact) mass is 215 g/mol. The van der Waals surface area contributed by atoms with Crippen LogP contribution in [0.4, 0.5) is 5.95 Å². The number of nitrogens with two attached hydrogens (primary N) is 1. The van der Waals surface area contributed by atoms with Crippen LogP contribution in [-0.4, -0.2) is 19.9 Å². The molecule has 0 radical (unpaired) electrons. The van der Waals surface area contributed by atoms with Gasteiger partial charge in [0.25, 0.3) is 0 Å². The molecular formula is C11H13N5. The molecule has 82 valence electrons. The summed E-state index contributed by atoms with van der Waals surface area (Å²) in [5.41, 5.74) is 7.61. The molecule has 0 aliphatic rings.